The van der Waals surface area contributed by atoms with Crippen LogP contribution in [0.15, 0.2) is 6.07 Å². The fourth-order valence-electron chi connectivity index (χ4n) is 3.02. The van der Waals surface area contributed by atoms with Gasteiger partial charge in [0, 0.05) is 44.1 Å². The first-order chi connectivity index (χ1) is 10.8. The van der Waals surface area contributed by atoms with E-state index in [1.807, 2.05) is 0 Å². The third-order valence-electron chi connectivity index (χ3n) is 4.18. The lowest BCUT2D eigenvalue weighted by molar-refractivity contribution is 0.122. The molecule has 4 heterocycles. The number of thiophene rings is 1. The quantitative estimate of drug-likeness (QED) is 0.899. The van der Waals surface area contributed by atoms with Crippen molar-refractivity contribution in [2.45, 2.75) is 6.92 Å². The van der Waals surface area contributed by atoms with E-state index in [9.17, 15) is 0 Å². The Morgan fingerprint density at radius 1 is 1.09 bits per heavy atom. The molecule has 118 valence electrons. The molecule has 6 nitrogen and oxygen atoms in total. The van der Waals surface area contributed by atoms with Gasteiger partial charge in [-0.05, 0) is 13.0 Å². The van der Waals surface area contributed by atoms with Crippen molar-refractivity contribution < 1.29 is 4.74 Å². The van der Waals surface area contributed by atoms with E-state index in [1.54, 1.807) is 11.3 Å². The van der Waals surface area contributed by atoms with Gasteiger partial charge in [-0.3, -0.25) is 0 Å². The van der Waals surface area contributed by atoms with E-state index in [-0.39, 0.29) is 0 Å². The molecule has 2 aliphatic rings. The SMILES string of the molecule is Cc1cc2nc(N3CCNCC3)nc(N3CCOCC3)c2s1. The van der Waals surface area contributed by atoms with Crippen LogP contribution in [0.1, 0.15) is 4.88 Å². The summed E-state index contributed by atoms with van der Waals surface area (Å²) in [4.78, 5) is 15.7. The first kappa shape index (κ1) is 14.2. The Labute approximate surface area is 134 Å². The third-order valence-corrected chi connectivity index (χ3v) is 5.21. The molecule has 2 aliphatic heterocycles. The maximum Gasteiger partial charge on any atom is 0.228 e. The number of nitrogens with one attached hydrogen (secondary N) is 1. The van der Waals surface area contributed by atoms with Crippen molar-refractivity contribution in [1.82, 2.24) is 15.3 Å². The molecule has 2 aromatic rings. The second-order valence-electron chi connectivity index (χ2n) is 5.76. The van der Waals surface area contributed by atoms with Crippen molar-refractivity contribution in [1.29, 1.82) is 0 Å². The minimum atomic E-state index is 0.777. The first-order valence-corrected chi connectivity index (χ1v) is 8.69. The molecule has 7 heteroatoms. The summed E-state index contributed by atoms with van der Waals surface area (Å²) in [5.41, 5.74) is 1.08. The van der Waals surface area contributed by atoms with E-state index in [4.69, 9.17) is 14.7 Å². The van der Waals surface area contributed by atoms with Gasteiger partial charge in [0.2, 0.25) is 5.95 Å². The molecular formula is C15H21N5OS. The van der Waals surface area contributed by atoms with Gasteiger partial charge >= 0.3 is 0 Å². The molecule has 4 rings (SSSR count). The summed E-state index contributed by atoms with van der Waals surface area (Å²) < 4.78 is 6.69. The van der Waals surface area contributed by atoms with Gasteiger partial charge in [0.05, 0.1) is 23.4 Å². The Bertz CT molecular complexity index is 661. The topological polar surface area (TPSA) is 53.5 Å². The molecule has 0 aromatic carbocycles. The lowest BCUT2D eigenvalue weighted by atomic mass is 10.3. The Balaban J connectivity index is 1.77. The van der Waals surface area contributed by atoms with Crippen molar-refractivity contribution in [3.8, 4) is 0 Å². The van der Waals surface area contributed by atoms with Gasteiger partial charge in [0.25, 0.3) is 0 Å². The fraction of sp³-hybridized carbons (Fsp3) is 0.600. The van der Waals surface area contributed by atoms with Gasteiger partial charge < -0.3 is 19.9 Å². The van der Waals surface area contributed by atoms with E-state index in [2.05, 4.69) is 28.1 Å². The molecule has 0 spiro atoms. The van der Waals surface area contributed by atoms with E-state index in [0.717, 1.165) is 69.8 Å². The summed E-state index contributed by atoms with van der Waals surface area (Å²) in [5.74, 6) is 1.95. The van der Waals surface area contributed by atoms with Gasteiger partial charge in [-0.2, -0.15) is 4.98 Å². The summed E-state index contributed by atoms with van der Waals surface area (Å²) in [7, 11) is 0. The first-order valence-electron chi connectivity index (χ1n) is 7.88. The number of ether oxygens (including phenoxy) is 1. The van der Waals surface area contributed by atoms with Crippen molar-refractivity contribution in [3.05, 3.63) is 10.9 Å². The molecule has 0 saturated carbocycles. The monoisotopic (exact) mass is 319 g/mol. The van der Waals surface area contributed by atoms with Crippen molar-refractivity contribution in [3.63, 3.8) is 0 Å². The van der Waals surface area contributed by atoms with Crippen LogP contribution in [0.4, 0.5) is 11.8 Å². The highest BCUT2D eigenvalue weighted by atomic mass is 32.1. The van der Waals surface area contributed by atoms with Gasteiger partial charge in [0.15, 0.2) is 5.82 Å². The summed E-state index contributed by atoms with van der Waals surface area (Å²) in [5, 5.41) is 3.38. The van der Waals surface area contributed by atoms with Crippen molar-refractivity contribution in [2.75, 3.05) is 62.3 Å². The van der Waals surface area contributed by atoms with Crippen LogP contribution in [-0.4, -0.2) is 62.5 Å². The number of anilines is 2. The van der Waals surface area contributed by atoms with E-state index in [1.165, 1.54) is 9.58 Å². The Morgan fingerprint density at radius 2 is 1.86 bits per heavy atom. The van der Waals surface area contributed by atoms with Crippen LogP contribution < -0.4 is 15.1 Å². The normalized spacial score (nSPS) is 19.9. The second kappa shape index (κ2) is 5.98. The van der Waals surface area contributed by atoms with Crippen molar-refractivity contribution >= 4 is 33.3 Å². The average Bonchev–Trinajstić information content (AvgIpc) is 2.95. The molecule has 1 N–H and O–H groups in total. The molecule has 2 saturated heterocycles. The second-order valence-corrected chi connectivity index (χ2v) is 7.01. The van der Waals surface area contributed by atoms with Gasteiger partial charge in [-0.1, -0.05) is 0 Å². The Kier molecular flexibility index (Phi) is 3.85. The third kappa shape index (κ3) is 2.64. The molecular weight excluding hydrogens is 298 g/mol. The summed E-state index contributed by atoms with van der Waals surface area (Å²) in [6.07, 6.45) is 0. The standard InChI is InChI=1S/C15H21N5OS/c1-11-10-12-13(22-11)14(19-6-8-21-9-7-19)18-15(17-12)20-4-2-16-3-5-20/h10,16H,2-9H2,1H3. The van der Waals surface area contributed by atoms with Crippen LogP contribution in [0.2, 0.25) is 0 Å². The molecule has 0 amide bonds. The zero-order valence-electron chi connectivity index (χ0n) is 12.8. The molecule has 0 bridgehead atoms. The van der Waals surface area contributed by atoms with Gasteiger partial charge in [-0.25, -0.2) is 4.98 Å². The molecule has 2 fully saturated rings. The molecule has 0 aliphatic carbocycles. The predicted octanol–water partition coefficient (Wildman–Crippen LogP) is 1.25. The number of morpholine rings is 1. The zero-order chi connectivity index (χ0) is 14.9. The predicted molar refractivity (Wildman–Crippen MR) is 90.3 cm³/mol. The summed E-state index contributed by atoms with van der Waals surface area (Å²) in [6, 6.07) is 2.18. The van der Waals surface area contributed by atoms with E-state index < -0.39 is 0 Å². The number of aryl methyl sites for hydroxylation is 1. The number of piperazine rings is 1. The van der Waals surface area contributed by atoms with Crippen LogP contribution in [0, 0.1) is 6.92 Å². The minimum absolute atomic E-state index is 0.777. The molecule has 22 heavy (non-hydrogen) atoms. The number of rotatable bonds is 2. The highest BCUT2D eigenvalue weighted by Gasteiger charge is 2.21. The maximum absolute atomic E-state index is 5.48. The summed E-state index contributed by atoms with van der Waals surface area (Å²) in [6.45, 7) is 9.44. The largest absolute Gasteiger partial charge is 0.378 e. The Hall–Kier alpha value is -1.44. The lowest BCUT2D eigenvalue weighted by Crippen LogP contribution is -2.44. The zero-order valence-corrected chi connectivity index (χ0v) is 13.7. The molecule has 0 atom stereocenters. The van der Waals surface area contributed by atoms with E-state index in [0.29, 0.717) is 0 Å². The van der Waals surface area contributed by atoms with Crippen molar-refractivity contribution in [2.24, 2.45) is 0 Å². The molecule has 0 radical (unpaired) electrons. The van der Waals surface area contributed by atoms with Crippen LogP contribution in [0.5, 0.6) is 0 Å². The summed E-state index contributed by atoms with van der Waals surface area (Å²) >= 11 is 1.79. The smallest absolute Gasteiger partial charge is 0.228 e. The molecule has 0 unspecified atom stereocenters. The maximum atomic E-state index is 5.48. The van der Waals surface area contributed by atoms with Gasteiger partial charge in [-0.15, -0.1) is 11.3 Å². The lowest BCUT2D eigenvalue weighted by Gasteiger charge is -2.31. The fourth-order valence-corrected chi connectivity index (χ4v) is 3.99. The number of hydrogen-bond acceptors (Lipinski definition) is 7. The van der Waals surface area contributed by atoms with Crippen LogP contribution >= 0.6 is 11.3 Å². The van der Waals surface area contributed by atoms with Gasteiger partial charge in [0.1, 0.15) is 0 Å². The molecule has 2 aromatic heterocycles. The van der Waals surface area contributed by atoms with Crippen LogP contribution in [0.25, 0.3) is 10.2 Å². The average molecular weight is 319 g/mol. The minimum Gasteiger partial charge on any atom is -0.378 e. The highest BCUT2D eigenvalue weighted by Crippen LogP contribution is 2.33. The number of hydrogen-bond donors (Lipinski definition) is 1. The Morgan fingerprint density at radius 3 is 2.64 bits per heavy atom. The van der Waals surface area contributed by atoms with Crippen LogP contribution in [0.3, 0.4) is 0 Å². The van der Waals surface area contributed by atoms with Crippen LogP contribution in [-0.2, 0) is 4.74 Å². The number of nitrogens with zero attached hydrogens (tertiary/aromatic N) is 4. The highest BCUT2D eigenvalue weighted by molar-refractivity contribution is 7.19. The van der Waals surface area contributed by atoms with E-state index >= 15 is 0 Å². The number of aromatic nitrogens is 2. The number of fused-ring (bicyclic) bond motifs is 1.